The second kappa shape index (κ2) is 10.2. The summed E-state index contributed by atoms with van der Waals surface area (Å²) >= 11 is 5.57. The lowest BCUT2D eigenvalue weighted by molar-refractivity contribution is -0.114. The van der Waals surface area contributed by atoms with Crippen LogP contribution in [0, 0.1) is 0 Å². The lowest BCUT2D eigenvalue weighted by Crippen LogP contribution is -2.31. The van der Waals surface area contributed by atoms with Gasteiger partial charge < -0.3 is 14.4 Å². The van der Waals surface area contributed by atoms with Crippen molar-refractivity contribution in [2.75, 3.05) is 18.6 Å². The summed E-state index contributed by atoms with van der Waals surface area (Å²) in [6.45, 7) is 3.00. The van der Waals surface area contributed by atoms with E-state index in [1.807, 2.05) is 86.8 Å². The van der Waals surface area contributed by atoms with E-state index < -0.39 is 0 Å². The lowest BCUT2D eigenvalue weighted by atomic mass is 10.1. The Morgan fingerprint density at radius 1 is 0.833 bits per heavy atom. The molecule has 1 aliphatic heterocycles. The van der Waals surface area contributed by atoms with Crippen LogP contribution in [0.5, 0.6) is 11.5 Å². The Kier molecular flexibility index (Phi) is 6.69. The van der Waals surface area contributed by atoms with Crippen LogP contribution in [0.15, 0.2) is 96.7 Å². The Hall–Kier alpha value is -4.16. The van der Waals surface area contributed by atoms with Gasteiger partial charge in [-0.15, -0.1) is 0 Å². The first-order valence-corrected chi connectivity index (χ1v) is 12.2. The summed E-state index contributed by atoms with van der Waals surface area (Å²) in [5, 5.41) is 2.82. The van der Waals surface area contributed by atoms with Gasteiger partial charge >= 0.3 is 0 Å². The number of rotatable bonds is 7. The van der Waals surface area contributed by atoms with Crippen molar-refractivity contribution in [3.05, 3.63) is 108 Å². The molecule has 0 spiro atoms. The van der Waals surface area contributed by atoms with Crippen LogP contribution in [0.1, 0.15) is 18.1 Å². The van der Waals surface area contributed by atoms with Crippen LogP contribution in [0.4, 0.5) is 5.69 Å². The maximum Gasteiger partial charge on any atom is 0.281 e. The Bertz CT molecular complexity index is 1440. The molecule has 6 heteroatoms. The monoisotopic (exact) mass is 494 g/mol. The zero-order valence-corrected chi connectivity index (χ0v) is 21.0. The quantitative estimate of drug-likeness (QED) is 0.219. The van der Waals surface area contributed by atoms with E-state index in [1.54, 1.807) is 9.80 Å². The predicted molar refractivity (Wildman–Crippen MR) is 148 cm³/mol. The summed E-state index contributed by atoms with van der Waals surface area (Å²) in [7, 11) is 1.81. The van der Waals surface area contributed by atoms with E-state index in [0.29, 0.717) is 29.7 Å². The average molecular weight is 495 g/mol. The Labute approximate surface area is 216 Å². The Balaban J connectivity index is 1.30. The maximum atomic E-state index is 13.2. The molecule has 4 aromatic rings. The number of hydrogen-bond donors (Lipinski definition) is 0. The first kappa shape index (κ1) is 23.6. The van der Waals surface area contributed by atoms with Gasteiger partial charge in [0.25, 0.3) is 5.91 Å². The van der Waals surface area contributed by atoms with Crippen LogP contribution in [-0.4, -0.2) is 29.6 Å². The number of fused-ring (bicyclic) bond motifs is 1. The molecule has 0 atom stereocenters. The van der Waals surface area contributed by atoms with Gasteiger partial charge in [-0.2, -0.15) is 0 Å². The number of likely N-dealkylation sites (N-methyl/N-ethyl adjacent to an activating group) is 1. The van der Waals surface area contributed by atoms with E-state index in [4.69, 9.17) is 21.7 Å². The van der Waals surface area contributed by atoms with Gasteiger partial charge in [0.05, 0.1) is 12.3 Å². The molecule has 5 nitrogen and oxygen atoms in total. The Morgan fingerprint density at radius 2 is 1.50 bits per heavy atom. The van der Waals surface area contributed by atoms with E-state index in [2.05, 4.69) is 24.3 Å². The van der Waals surface area contributed by atoms with Gasteiger partial charge in [-0.25, -0.2) is 0 Å². The Morgan fingerprint density at radius 3 is 2.25 bits per heavy atom. The molecule has 1 amide bonds. The van der Waals surface area contributed by atoms with Gasteiger partial charge in [0.15, 0.2) is 5.11 Å². The maximum absolute atomic E-state index is 13.2. The first-order valence-electron chi connectivity index (χ1n) is 11.8. The fourth-order valence-electron chi connectivity index (χ4n) is 4.24. The average Bonchev–Trinajstić information content (AvgIpc) is 3.12. The zero-order chi connectivity index (χ0) is 25.1. The summed E-state index contributed by atoms with van der Waals surface area (Å²) in [6.07, 6.45) is 1.84. The van der Waals surface area contributed by atoms with Crippen LogP contribution in [0.25, 0.3) is 16.8 Å². The molecule has 0 radical (unpaired) electrons. The van der Waals surface area contributed by atoms with Crippen molar-refractivity contribution in [3.8, 4) is 11.5 Å². The van der Waals surface area contributed by atoms with Gasteiger partial charge in [-0.1, -0.05) is 54.6 Å². The van der Waals surface area contributed by atoms with Gasteiger partial charge in [0, 0.05) is 7.05 Å². The zero-order valence-electron chi connectivity index (χ0n) is 20.2. The molecule has 0 unspecified atom stereocenters. The van der Waals surface area contributed by atoms with E-state index in [9.17, 15) is 4.79 Å². The number of anilines is 1. The highest BCUT2D eigenvalue weighted by atomic mass is 32.1. The molecule has 0 saturated carbocycles. The fourth-order valence-corrected chi connectivity index (χ4v) is 4.53. The summed E-state index contributed by atoms with van der Waals surface area (Å²) in [5.74, 6) is 1.36. The first-order chi connectivity index (χ1) is 17.5. The molecule has 1 fully saturated rings. The van der Waals surface area contributed by atoms with Gasteiger partial charge in [0.1, 0.15) is 23.8 Å². The van der Waals surface area contributed by atoms with Crippen molar-refractivity contribution in [2.24, 2.45) is 0 Å². The third kappa shape index (κ3) is 4.68. The number of carbonyl (C=O) groups excluding carboxylic acids is 1. The predicted octanol–water partition coefficient (Wildman–Crippen LogP) is 6.42. The molecule has 1 saturated heterocycles. The third-order valence-corrected chi connectivity index (χ3v) is 6.58. The van der Waals surface area contributed by atoms with Crippen LogP contribution in [-0.2, 0) is 11.4 Å². The number of hydrogen-bond acceptors (Lipinski definition) is 4. The number of carbonyl (C=O) groups is 1. The smallest absolute Gasteiger partial charge is 0.281 e. The van der Waals surface area contributed by atoms with Crippen molar-refractivity contribution < 1.29 is 14.3 Å². The second-order valence-electron chi connectivity index (χ2n) is 8.43. The molecule has 1 heterocycles. The molecule has 180 valence electrons. The number of amides is 1. The molecule has 0 aromatic heterocycles. The normalized spacial score (nSPS) is 14.7. The summed E-state index contributed by atoms with van der Waals surface area (Å²) in [6, 6.07) is 29.6. The van der Waals surface area contributed by atoms with Crippen LogP contribution < -0.4 is 14.4 Å². The van der Waals surface area contributed by atoms with E-state index in [1.165, 1.54) is 10.8 Å². The molecular weight excluding hydrogens is 468 g/mol. The minimum Gasteiger partial charge on any atom is -0.494 e. The SMILES string of the molecule is CCOc1ccc(N2C(=O)/C(=C/c3ccc(OCc4cccc5ccccc45)cc3)N(C)C2=S)cc1. The van der Waals surface area contributed by atoms with Crippen LogP contribution in [0.2, 0.25) is 0 Å². The number of benzene rings is 4. The van der Waals surface area contributed by atoms with Crippen molar-refractivity contribution in [3.63, 3.8) is 0 Å². The highest BCUT2D eigenvalue weighted by Gasteiger charge is 2.36. The lowest BCUT2D eigenvalue weighted by Gasteiger charge is -2.16. The molecule has 36 heavy (non-hydrogen) atoms. The van der Waals surface area contributed by atoms with Crippen molar-refractivity contribution >= 4 is 45.8 Å². The van der Waals surface area contributed by atoms with Crippen LogP contribution >= 0.6 is 12.2 Å². The van der Waals surface area contributed by atoms with Crippen LogP contribution in [0.3, 0.4) is 0 Å². The summed E-state index contributed by atoms with van der Waals surface area (Å²) < 4.78 is 11.6. The highest BCUT2D eigenvalue weighted by molar-refractivity contribution is 7.80. The minimum atomic E-state index is -0.164. The van der Waals surface area contributed by atoms with Crippen molar-refractivity contribution in [1.82, 2.24) is 4.90 Å². The summed E-state index contributed by atoms with van der Waals surface area (Å²) in [5.41, 5.74) is 3.25. The topological polar surface area (TPSA) is 42.0 Å². The fraction of sp³-hybridized carbons (Fsp3) is 0.133. The molecule has 0 N–H and O–H groups in total. The molecule has 0 aliphatic carbocycles. The minimum absolute atomic E-state index is 0.164. The van der Waals surface area contributed by atoms with E-state index in [0.717, 1.165) is 22.6 Å². The van der Waals surface area contributed by atoms with Crippen molar-refractivity contribution in [1.29, 1.82) is 0 Å². The second-order valence-corrected chi connectivity index (χ2v) is 8.80. The largest absolute Gasteiger partial charge is 0.494 e. The molecule has 5 rings (SSSR count). The number of ether oxygens (including phenoxy) is 2. The van der Waals surface area contributed by atoms with Crippen molar-refractivity contribution in [2.45, 2.75) is 13.5 Å². The van der Waals surface area contributed by atoms with E-state index in [-0.39, 0.29) is 5.91 Å². The highest BCUT2D eigenvalue weighted by Crippen LogP contribution is 2.30. The molecule has 0 bridgehead atoms. The summed E-state index contributed by atoms with van der Waals surface area (Å²) in [4.78, 5) is 16.5. The number of nitrogens with zero attached hydrogens (tertiary/aromatic N) is 2. The van der Waals surface area contributed by atoms with E-state index >= 15 is 0 Å². The third-order valence-electron chi connectivity index (χ3n) is 6.13. The molecular formula is C30H26N2O3S. The van der Waals surface area contributed by atoms with Gasteiger partial charge in [-0.3, -0.25) is 9.69 Å². The number of thiocarbonyl (C=S) groups is 1. The molecule has 1 aliphatic rings. The standard InChI is InChI=1S/C30H26N2O3S/c1-3-34-25-17-13-24(14-18-25)32-29(33)28(31(2)30(32)36)19-21-11-15-26(16-12-21)35-20-23-9-6-8-22-7-4-5-10-27(22)23/h4-19H,3,20H2,1-2H3/b28-19-. The van der Waals surface area contributed by atoms with Gasteiger partial charge in [0.2, 0.25) is 0 Å². The van der Waals surface area contributed by atoms with Gasteiger partial charge in [-0.05, 0) is 83.5 Å². The molecule has 4 aromatic carbocycles.